The van der Waals surface area contributed by atoms with E-state index in [1.54, 1.807) is 18.6 Å². The molecular weight excluding hydrogens is 202 g/mol. The number of pyridine rings is 1. The van der Waals surface area contributed by atoms with Crippen LogP contribution in [0.5, 0.6) is 0 Å². The Morgan fingerprint density at radius 3 is 2.69 bits per heavy atom. The molecular formula is C11H13N5. The highest BCUT2D eigenvalue weighted by Gasteiger charge is 2.04. The van der Waals surface area contributed by atoms with Gasteiger partial charge < -0.3 is 10.6 Å². The first kappa shape index (κ1) is 10.4. The predicted octanol–water partition coefficient (Wildman–Crippen LogP) is 1.09. The highest BCUT2D eigenvalue weighted by atomic mass is 15.2. The van der Waals surface area contributed by atoms with Gasteiger partial charge in [0, 0.05) is 13.2 Å². The van der Waals surface area contributed by atoms with E-state index in [2.05, 4.69) is 15.0 Å². The molecule has 0 saturated heterocycles. The highest BCUT2D eigenvalue weighted by molar-refractivity contribution is 5.38. The van der Waals surface area contributed by atoms with Gasteiger partial charge >= 0.3 is 0 Å². The van der Waals surface area contributed by atoms with Crippen LogP contribution in [0.25, 0.3) is 0 Å². The van der Waals surface area contributed by atoms with Gasteiger partial charge in [-0.1, -0.05) is 6.07 Å². The summed E-state index contributed by atoms with van der Waals surface area (Å²) in [6.45, 7) is 0.694. The Labute approximate surface area is 94.0 Å². The number of hydrogen-bond acceptors (Lipinski definition) is 5. The molecule has 2 N–H and O–H groups in total. The fraction of sp³-hybridized carbons (Fsp3) is 0.182. The fourth-order valence-electron chi connectivity index (χ4n) is 1.34. The van der Waals surface area contributed by atoms with Crippen LogP contribution in [-0.4, -0.2) is 22.0 Å². The Balaban J connectivity index is 2.09. The molecule has 2 aromatic rings. The number of nitrogens with zero attached hydrogens (tertiary/aromatic N) is 4. The first-order valence-corrected chi connectivity index (χ1v) is 4.94. The largest absolute Gasteiger partial charge is 0.382 e. The van der Waals surface area contributed by atoms with Crippen LogP contribution in [0.15, 0.2) is 36.8 Å². The van der Waals surface area contributed by atoms with Crippen LogP contribution in [0.1, 0.15) is 5.69 Å². The van der Waals surface area contributed by atoms with Crippen LogP contribution in [0, 0.1) is 0 Å². The SMILES string of the molecule is CN(Cc1ccccn1)c1cnc(N)cn1. The van der Waals surface area contributed by atoms with Gasteiger partial charge in [-0.05, 0) is 12.1 Å². The Kier molecular flexibility index (Phi) is 2.95. The molecule has 0 fully saturated rings. The maximum atomic E-state index is 5.47. The quantitative estimate of drug-likeness (QED) is 0.830. The van der Waals surface area contributed by atoms with Gasteiger partial charge in [-0.25, -0.2) is 9.97 Å². The highest BCUT2D eigenvalue weighted by Crippen LogP contribution is 2.10. The van der Waals surface area contributed by atoms with E-state index < -0.39 is 0 Å². The third-order valence-electron chi connectivity index (χ3n) is 2.17. The molecule has 0 radical (unpaired) electrons. The lowest BCUT2D eigenvalue weighted by Crippen LogP contribution is -2.18. The minimum Gasteiger partial charge on any atom is -0.382 e. The van der Waals surface area contributed by atoms with Gasteiger partial charge in [-0.15, -0.1) is 0 Å². The van der Waals surface area contributed by atoms with E-state index in [0.29, 0.717) is 12.4 Å². The second kappa shape index (κ2) is 4.57. The summed E-state index contributed by atoms with van der Waals surface area (Å²) >= 11 is 0. The van der Waals surface area contributed by atoms with Gasteiger partial charge in [0.05, 0.1) is 24.6 Å². The summed E-state index contributed by atoms with van der Waals surface area (Å²) < 4.78 is 0. The molecule has 0 aliphatic heterocycles. The van der Waals surface area contributed by atoms with E-state index >= 15 is 0 Å². The van der Waals surface area contributed by atoms with E-state index in [0.717, 1.165) is 11.5 Å². The molecule has 0 aromatic carbocycles. The third-order valence-corrected chi connectivity index (χ3v) is 2.17. The third kappa shape index (κ3) is 2.44. The molecule has 0 atom stereocenters. The number of aromatic nitrogens is 3. The van der Waals surface area contributed by atoms with Gasteiger partial charge in [0.25, 0.3) is 0 Å². The normalized spacial score (nSPS) is 10.1. The van der Waals surface area contributed by atoms with Crippen molar-refractivity contribution < 1.29 is 0 Å². The summed E-state index contributed by atoms with van der Waals surface area (Å²) in [5, 5.41) is 0. The van der Waals surface area contributed by atoms with Crippen LogP contribution in [-0.2, 0) is 6.54 Å². The van der Waals surface area contributed by atoms with Crippen molar-refractivity contribution in [2.75, 3.05) is 17.7 Å². The smallest absolute Gasteiger partial charge is 0.147 e. The number of rotatable bonds is 3. The summed E-state index contributed by atoms with van der Waals surface area (Å²) in [5.74, 6) is 1.20. The van der Waals surface area contributed by atoms with E-state index in [1.807, 2.05) is 30.1 Å². The number of nitrogen functional groups attached to an aromatic ring is 1. The van der Waals surface area contributed by atoms with Gasteiger partial charge in [0.2, 0.25) is 0 Å². The summed E-state index contributed by atoms with van der Waals surface area (Å²) in [6, 6.07) is 5.83. The summed E-state index contributed by atoms with van der Waals surface area (Å²) in [5.41, 5.74) is 6.46. The molecule has 0 aliphatic rings. The Hall–Kier alpha value is -2.17. The molecule has 2 heterocycles. The zero-order valence-electron chi connectivity index (χ0n) is 9.04. The van der Waals surface area contributed by atoms with Gasteiger partial charge in [0.1, 0.15) is 11.6 Å². The molecule has 5 nitrogen and oxygen atoms in total. The molecule has 0 saturated carbocycles. The topological polar surface area (TPSA) is 67.9 Å². The summed E-state index contributed by atoms with van der Waals surface area (Å²) in [4.78, 5) is 14.4. The van der Waals surface area contributed by atoms with Crippen molar-refractivity contribution in [3.8, 4) is 0 Å². The molecule has 2 aromatic heterocycles. The van der Waals surface area contributed by atoms with Crippen LogP contribution < -0.4 is 10.6 Å². The summed E-state index contributed by atoms with van der Waals surface area (Å²) in [6.07, 6.45) is 4.97. The lowest BCUT2D eigenvalue weighted by atomic mass is 10.3. The van der Waals surface area contributed by atoms with E-state index in [1.165, 1.54) is 0 Å². The minimum absolute atomic E-state index is 0.426. The van der Waals surface area contributed by atoms with E-state index in [9.17, 15) is 0 Å². The molecule has 2 rings (SSSR count). The Morgan fingerprint density at radius 2 is 2.06 bits per heavy atom. The average molecular weight is 215 g/mol. The van der Waals surface area contributed by atoms with E-state index in [4.69, 9.17) is 5.73 Å². The molecule has 0 amide bonds. The Bertz CT molecular complexity index is 440. The number of anilines is 2. The molecule has 0 aliphatic carbocycles. The second-order valence-electron chi connectivity index (χ2n) is 3.48. The summed E-state index contributed by atoms with van der Waals surface area (Å²) in [7, 11) is 1.94. The van der Waals surface area contributed by atoms with Gasteiger partial charge in [-0.3, -0.25) is 4.98 Å². The number of nitrogens with two attached hydrogens (primary N) is 1. The van der Waals surface area contributed by atoms with Crippen LogP contribution >= 0.6 is 0 Å². The van der Waals surface area contributed by atoms with Crippen molar-refractivity contribution >= 4 is 11.6 Å². The van der Waals surface area contributed by atoms with Crippen molar-refractivity contribution in [3.63, 3.8) is 0 Å². The molecule has 0 spiro atoms. The molecule has 0 bridgehead atoms. The van der Waals surface area contributed by atoms with Crippen molar-refractivity contribution in [2.45, 2.75) is 6.54 Å². The maximum Gasteiger partial charge on any atom is 0.147 e. The van der Waals surface area contributed by atoms with E-state index in [-0.39, 0.29) is 0 Å². The first-order valence-electron chi connectivity index (χ1n) is 4.94. The van der Waals surface area contributed by atoms with Crippen molar-refractivity contribution in [2.24, 2.45) is 0 Å². The number of hydrogen-bond donors (Lipinski definition) is 1. The lowest BCUT2D eigenvalue weighted by Gasteiger charge is -2.16. The zero-order chi connectivity index (χ0) is 11.4. The predicted molar refractivity (Wildman–Crippen MR) is 62.8 cm³/mol. The van der Waals surface area contributed by atoms with Crippen molar-refractivity contribution in [1.82, 2.24) is 15.0 Å². The first-order chi connectivity index (χ1) is 7.75. The maximum absolute atomic E-state index is 5.47. The zero-order valence-corrected chi connectivity index (χ0v) is 9.04. The molecule has 5 heteroatoms. The second-order valence-corrected chi connectivity index (χ2v) is 3.48. The van der Waals surface area contributed by atoms with Crippen LogP contribution in [0.2, 0.25) is 0 Å². The monoisotopic (exact) mass is 215 g/mol. The van der Waals surface area contributed by atoms with Crippen molar-refractivity contribution in [3.05, 3.63) is 42.5 Å². The fourth-order valence-corrected chi connectivity index (χ4v) is 1.34. The molecule has 82 valence electrons. The molecule has 16 heavy (non-hydrogen) atoms. The standard InChI is InChI=1S/C11H13N5/c1-16(8-9-4-2-3-5-13-9)11-7-14-10(12)6-15-11/h2-7H,8H2,1H3,(H2,12,14). The van der Waals surface area contributed by atoms with Gasteiger partial charge in [0.15, 0.2) is 0 Å². The Morgan fingerprint density at radius 1 is 1.19 bits per heavy atom. The van der Waals surface area contributed by atoms with Crippen LogP contribution in [0.3, 0.4) is 0 Å². The lowest BCUT2D eigenvalue weighted by molar-refractivity contribution is 0.861. The minimum atomic E-state index is 0.426. The van der Waals surface area contributed by atoms with Crippen LogP contribution in [0.4, 0.5) is 11.6 Å². The average Bonchev–Trinajstić information content (AvgIpc) is 2.31. The van der Waals surface area contributed by atoms with Gasteiger partial charge in [-0.2, -0.15) is 0 Å². The molecule has 0 unspecified atom stereocenters. The van der Waals surface area contributed by atoms with Crippen molar-refractivity contribution in [1.29, 1.82) is 0 Å².